The van der Waals surface area contributed by atoms with E-state index in [1.807, 2.05) is 60.2 Å². The van der Waals surface area contributed by atoms with Gasteiger partial charge >= 0.3 is 0 Å². The predicted molar refractivity (Wildman–Crippen MR) is 160 cm³/mol. The van der Waals surface area contributed by atoms with Gasteiger partial charge in [-0.05, 0) is 60.4 Å². The molecule has 0 radical (unpaired) electrons. The number of aryl methyl sites for hydroxylation is 1. The predicted octanol–water partition coefficient (Wildman–Crippen LogP) is 5.31. The largest absolute Gasteiger partial charge is 0.507 e. The fourth-order valence-corrected chi connectivity index (χ4v) is 5.73. The number of carbonyl (C=O) groups is 2. The molecule has 0 unspecified atom stereocenters. The molecule has 2 aliphatic rings. The van der Waals surface area contributed by atoms with Crippen LogP contribution in [0, 0.1) is 0 Å². The summed E-state index contributed by atoms with van der Waals surface area (Å²) >= 11 is 0. The summed E-state index contributed by atoms with van der Waals surface area (Å²) in [6.45, 7) is 3.25. The number of ketones is 1. The first-order valence-corrected chi connectivity index (χ1v) is 14.3. The van der Waals surface area contributed by atoms with Gasteiger partial charge in [-0.3, -0.25) is 9.59 Å². The number of rotatable bonds is 10. The summed E-state index contributed by atoms with van der Waals surface area (Å²) in [6.07, 6.45) is 6.57. The van der Waals surface area contributed by atoms with Gasteiger partial charge in [0.2, 0.25) is 0 Å². The Hall–Kier alpha value is -5.05. The van der Waals surface area contributed by atoms with Crippen molar-refractivity contribution in [1.82, 2.24) is 14.5 Å². The second-order valence-corrected chi connectivity index (χ2v) is 10.8. The number of ether oxygens (including phenoxy) is 3. The lowest BCUT2D eigenvalue weighted by molar-refractivity contribution is -0.139. The number of nitrogens with zero attached hydrogens (tertiary/aromatic N) is 3. The second kappa shape index (κ2) is 12.1. The number of benzene rings is 3. The molecule has 2 aliphatic heterocycles. The van der Waals surface area contributed by atoms with Crippen molar-refractivity contribution in [2.75, 3.05) is 13.7 Å². The number of imidazole rings is 1. The Bertz CT molecular complexity index is 1660. The number of hydrogen-bond donors (Lipinski definition) is 1. The molecule has 9 heteroatoms. The quantitative estimate of drug-likeness (QED) is 0.154. The van der Waals surface area contributed by atoms with Gasteiger partial charge < -0.3 is 28.8 Å². The van der Waals surface area contributed by atoms with Crippen molar-refractivity contribution in [1.29, 1.82) is 0 Å². The zero-order valence-electron chi connectivity index (χ0n) is 24.1. The van der Waals surface area contributed by atoms with Gasteiger partial charge in [-0.25, -0.2) is 4.98 Å². The van der Waals surface area contributed by atoms with E-state index in [9.17, 15) is 14.7 Å². The third kappa shape index (κ3) is 5.70. The SMILES string of the molecule is COc1cc([C@@H]2C(=C(O)c3ccc4c(c3)C[C@H](C)O4)C(=O)C(=O)N2CCCn2ccnc2)ccc1OCc1ccccc1. The molecule has 0 spiro atoms. The Labute approximate surface area is 250 Å². The number of hydrogen-bond acceptors (Lipinski definition) is 7. The van der Waals surface area contributed by atoms with Gasteiger partial charge in [0.1, 0.15) is 24.2 Å². The van der Waals surface area contributed by atoms with E-state index in [0.717, 1.165) is 16.9 Å². The van der Waals surface area contributed by atoms with Gasteiger partial charge in [-0.1, -0.05) is 36.4 Å². The van der Waals surface area contributed by atoms with E-state index in [4.69, 9.17) is 14.2 Å². The van der Waals surface area contributed by atoms with Crippen LogP contribution in [-0.4, -0.2) is 51.0 Å². The molecule has 2 atom stereocenters. The van der Waals surface area contributed by atoms with Crippen molar-refractivity contribution >= 4 is 17.4 Å². The van der Waals surface area contributed by atoms with E-state index in [0.29, 0.717) is 55.2 Å². The van der Waals surface area contributed by atoms with Crippen molar-refractivity contribution in [3.63, 3.8) is 0 Å². The van der Waals surface area contributed by atoms with Crippen LogP contribution < -0.4 is 14.2 Å². The molecule has 1 amide bonds. The van der Waals surface area contributed by atoms with Gasteiger partial charge in [0, 0.05) is 37.5 Å². The fraction of sp³-hybridized carbons (Fsp3) is 0.265. The van der Waals surface area contributed by atoms with Crippen molar-refractivity contribution in [2.24, 2.45) is 0 Å². The molecule has 220 valence electrons. The third-order valence-electron chi connectivity index (χ3n) is 7.82. The molecule has 43 heavy (non-hydrogen) atoms. The molecule has 4 aromatic rings. The maximum absolute atomic E-state index is 13.6. The molecule has 0 saturated carbocycles. The minimum Gasteiger partial charge on any atom is -0.507 e. The molecular weight excluding hydrogens is 546 g/mol. The van der Waals surface area contributed by atoms with Crippen LogP contribution in [0.4, 0.5) is 0 Å². The first kappa shape index (κ1) is 28.1. The van der Waals surface area contributed by atoms with Gasteiger partial charge in [0.05, 0.1) is 25.1 Å². The molecule has 1 aromatic heterocycles. The molecule has 6 rings (SSSR count). The first-order valence-electron chi connectivity index (χ1n) is 14.3. The van der Waals surface area contributed by atoms with Gasteiger partial charge in [-0.2, -0.15) is 0 Å². The van der Waals surface area contributed by atoms with E-state index in [1.165, 1.54) is 4.90 Å². The number of Topliss-reactive ketones (excluding diaryl/α,β-unsaturated/α-hetero) is 1. The van der Waals surface area contributed by atoms with Crippen LogP contribution in [-0.2, 0) is 29.2 Å². The Morgan fingerprint density at radius 2 is 1.88 bits per heavy atom. The number of carbonyl (C=O) groups excluding carboxylic acids is 2. The number of aromatic nitrogens is 2. The average Bonchev–Trinajstić information content (AvgIpc) is 3.74. The lowest BCUT2D eigenvalue weighted by atomic mass is 9.94. The number of aliphatic hydroxyl groups excluding tert-OH is 1. The highest BCUT2D eigenvalue weighted by Gasteiger charge is 2.46. The Morgan fingerprint density at radius 1 is 1.05 bits per heavy atom. The molecule has 1 fully saturated rings. The summed E-state index contributed by atoms with van der Waals surface area (Å²) in [7, 11) is 1.55. The fourth-order valence-electron chi connectivity index (χ4n) is 5.73. The van der Waals surface area contributed by atoms with E-state index in [2.05, 4.69) is 4.98 Å². The minimum atomic E-state index is -0.816. The number of fused-ring (bicyclic) bond motifs is 1. The Kier molecular flexibility index (Phi) is 7.87. The molecular formula is C34H33N3O6. The van der Waals surface area contributed by atoms with E-state index in [1.54, 1.807) is 43.9 Å². The lowest BCUT2D eigenvalue weighted by Crippen LogP contribution is -2.31. The number of methoxy groups -OCH3 is 1. The van der Waals surface area contributed by atoms with Crippen LogP contribution in [0.5, 0.6) is 17.2 Å². The second-order valence-electron chi connectivity index (χ2n) is 10.8. The maximum Gasteiger partial charge on any atom is 0.295 e. The lowest BCUT2D eigenvalue weighted by Gasteiger charge is -2.26. The first-order chi connectivity index (χ1) is 20.9. The average molecular weight is 580 g/mol. The van der Waals surface area contributed by atoms with Crippen molar-refractivity contribution in [3.05, 3.63) is 113 Å². The molecule has 3 aromatic carbocycles. The number of likely N-dealkylation sites (tertiary alicyclic amines) is 1. The van der Waals surface area contributed by atoms with E-state index >= 15 is 0 Å². The minimum absolute atomic E-state index is 0.0311. The van der Waals surface area contributed by atoms with Crippen molar-refractivity contribution in [2.45, 2.75) is 45.1 Å². The standard InChI is InChI=1S/C34H33N3O6/c1-22-17-26-18-25(10-11-27(26)43-22)32(38)30-31(37(34(40)33(30)39)15-6-14-36-16-13-35-21-36)24-9-12-28(29(19-24)41-2)42-20-23-7-4-3-5-8-23/h3-5,7-13,16,18-19,21-22,31,38H,6,14-15,17,20H2,1-2H3/t22-,31+/m0/s1. The van der Waals surface area contributed by atoms with Crippen LogP contribution in [0.25, 0.3) is 5.76 Å². The zero-order valence-corrected chi connectivity index (χ0v) is 24.1. The Balaban J connectivity index is 1.36. The van der Waals surface area contributed by atoms with Crippen LogP contribution in [0.1, 0.15) is 41.6 Å². The van der Waals surface area contributed by atoms with Crippen molar-refractivity contribution in [3.8, 4) is 17.2 Å². The Morgan fingerprint density at radius 3 is 2.65 bits per heavy atom. The maximum atomic E-state index is 13.6. The molecule has 1 N–H and O–H groups in total. The molecule has 9 nitrogen and oxygen atoms in total. The van der Waals surface area contributed by atoms with E-state index in [-0.39, 0.29) is 17.4 Å². The van der Waals surface area contributed by atoms with Crippen molar-refractivity contribution < 1.29 is 28.9 Å². The summed E-state index contributed by atoms with van der Waals surface area (Å²) < 4.78 is 19.5. The van der Waals surface area contributed by atoms with Crippen LogP contribution in [0.3, 0.4) is 0 Å². The normalized spacial score (nSPS) is 18.9. The third-order valence-corrected chi connectivity index (χ3v) is 7.82. The zero-order chi connectivity index (χ0) is 29.9. The number of aliphatic hydroxyl groups is 1. The molecule has 0 bridgehead atoms. The molecule has 0 aliphatic carbocycles. The van der Waals surface area contributed by atoms with Crippen LogP contribution in [0.2, 0.25) is 0 Å². The highest BCUT2D eigenvalue weighted by atomic mass is 16.5. The van der Waals surface area contributed by atoms with Gasteiger partial charge in [-0.15, -0.1) is 0 Å². The molecule has 1 saturated heterocycles. The monoisotopic (exact) mass is 579 g/mol. The number of amides is 1. The molecule has 3 heterocycles. The summed E-state index contributed by atoms with van der Waals surface area (Å²) in [5.41, 5.74) is 3.09. The van der Waals surface area contributed by atoms with Gasteiger partial charge in [0.25, 0.3) is 11.7 Å². The van der Waals surface area contributed by atoms with E-state index < -0.39 is 17.7 Å². The highest BCUT2D eigenvalue weighted by molar-refractivity contribution is 6.46. The summed E-state index contributed by atoms with van der Waals surface area (Å²) in [5.74, 6) is 0.154. The smallest absolute Gasteiger partial charge is 0.295 e. The van der Waals surface area contributed by atoms with Crippen LogP contribution >= 0.6 is 0 Å². The van der Waals surface area contributed by atoms with Gasteiger partial charge in [0.15, 0.2) is 11.5 Å². The summed E-state index contributed by atoms with van der Waals surface area (Å²) in [4.78, 5) is 32.6. The van der Waals surface area contributed by atoms with Crippen LogP contribution in [0.15, 0.2) is 91.0 Å². The topological polar surface area (TPSA) is 103 Å². The summed E-state index contributed by atoms with van der Waals surface area (Å²) in [6, 6.07) is 19.7. The highest BCUT2D eigenvalue weighted by Crippen LogP contribution is 2.43. The summed E-state index contributed by atoms with van der Waals surface area (Å²) in [5, 5.41) is 11.6.